The summed E-state index contributed by atoms with van der Waals surface area (Å²) in [5.41, 5.74) is 5.26. The summed E-state index contributed by atoms with van der Waals surface area (Å²) >= 11 is 0. The summed E-state index contributed by atoms with van der Waals surface area (Å²) in [6.45, 7) is 6.68. The van der Waals surface area contributed by atoms with Gasteiger partial charge >= 0.3 is 0 Å². The molecule has 2 unspecified atom stereocenters. The third-order valence-corrected chi connectivity index (χ3v) is 3.41. The zero-order chi connectivity index (χ0) is 11.1. The fraction of sp³-hybridized carbons (Fsp3) is 0.889. The Morgan fingerprint density at radius 1 is 1.43 bits per heavy atom. The Kier molecular flexibility index (Phi) is 6.74. The van der Waals surface area contributed by atoms with Crippen molar-refractivity contribution in [3.63, 3.8) is 0 Å². The highest BCUT2D eigenvalue weighted by molar-refractivity contribution is 7.86. The first kappa shape index (κ1) is 13.6. The summed E-state index contributed by atoms with van der Waals surface area (Å²) in [5, 5.41) is 2.29. The van der Waals surface area contributed by atoms with E-state index in [0.29, 0.717) is 24.8 Å². The van der Waals surface area contributed by atoms with Crippen molar-refractivity contribution in [2.24, 2.45) is 11.7 Å². The van der Waals surface area contributed by atoms with E-state index in [2.05, 4.69) is 5.32 Å². The number of hydrogen-bond acceptors (Lipinski definition) is 3. The number of carbonyl (C=O) groups excluding carboxylic acids is 1. The summed E-state index contributed by atoms with van der Waals surface area (Å²) in [7, 11) is -1.15. The van der Waals surface area contributed by atoms with Crippen LogP contribution in [-0.2, 0) is 15.6 Å². The Morgan fingerprint density at radius 2 is 2.00 bits per heavy atom. The van der Waals surface area contributed by atoms with E-state index in [1.807, 2.05) is 13.8 Å². The monoisotopic (exact) mass is 220 g/mol. The van der Waals surface area contributed by atoms with Gasteiger partial charge in [0, 0.05) is 29.6 Å². The molecule has 3 N–H and O–H groups in total. The van der Waals surface area contributed by atoms with E-state index in [9.17, 15) is 9.00 Å². The van der Waals surface area contributed by atoms with Crippen LogP contribution in [-0.4, -0.2) is 34.2 Å². The molecule has 0 aliphatic rings. The van der Waals surface area contributed by atoms with Gasteiger partial charge in [0.25, 0.3) is 0 Å². The van der Waals surface area contributed by atoms with Crippen molar-refractivity contribution in [2.45, 2.75) is 26.0 Å². The number of hydrogen-bond donors (Lipinski definition) is 2. The van der Waals surface area contributed by atoms with Crippen LogP contribution in [0.3, 0.4) is 0 Å². The van der Waals surface area contributed by atoms with Crippen molar-refractivity contribution in [3.05, 3.63) is 0 Å². The van der Waals surface area contributed by atoms with Gasteiger partial charge in [0.15, 0.2) is 0 Å². The minimum absolute atomic E-state index is 0.148. The first-order valence-corrected chi connectivity index (χ1v) is 6.22. The summed E-state index contributed by atoms with van der Waals surface area (Å²) in [5.74, 6) is 0.649. The van der Waals surface area contributed by atoms with Crippen LogP contribution in [0.4, 0.5) is 0 Å². The zero-order valence-electron chi connectivity index (χ0n) is 9.08. The molecule has 14 heavy (non-hydrogen) atoms. The van der Waals surface area contributed by atoms with Crippen LogP contribution in [0, 0.1) is 5.92 Å². The molecule has 84 valence electrons. The van der Waals surface area contributed by atoms with Crippen LogP contribution in [0.2, 0.25) is 0 Å². The van der Waals surface area contributed by atoms with Gasteiger partial charge in [-0.3, -0.25) is 9.00 Å². The minimum atomic E-state index is -1.15. The van der Waals surface area contributed by atoms with Crippen molar-refractivity contribution < 1.29 is 9.00 Å². The first-order chi connectivity index (χ1) is 6.49. The largest absolute Gasteiger partial charge is 0.355 e. The standard InChI is InChI=1S/C9H20N2O2S/c1-7(2)6-11-9(12)8(3)14(13)5-4-10/h7-8H,4-6,10H2,1-3H3,(H,11,12). The van der Waals surface area contributed by atoms with Crippen LogP contribution < -0.4 is 11.1 Å². The molecular weight excluding hydrogens is 200 g/mol. The molecule has 0 saturated carbocycles. The molecule has 0 aromatic carbocycles. The van der Waals surface area contributed by atoms with Crippen LogP contribution >= 0.6 is 0 Å². The molecule has 0 aliphatic carbocycles. The van der Waals surface area contributed by atoms with Crippen molar-refractivity contribution in [3.8, 4) is 0 Å². The molecule has 0 bridgehead atoms. The SMILES string of the molecule is CC(C)CNC(=O)C(C)S(=O)CCN. The van der Waals surface area contributed by atoms with Crippen LogP contribution in [0.1, 0.15) is 20.8 Å². The predicted molar refractivity (Wildman–Crippen MR) is 59.4 cm³/mol. The average Bonchev–Trinajstić information content (AvgIpc) is 2.13. The maximum atomic E-state index is 11.4. The molecular formula is C9H20N2O2S. The Balaban J connectivity index is 3.92. The zero-order valence-corrected chi connectivity index (χ0v) is 9.89. The van der Waals surface area contributed by atoms with E-state index in [-0.39, 0.29) is 5.91 Å². The third kappa shape index (κ3) is 5.34. The van der Waals surface area contributed by atoms with Crippen molar-refractivity contribution in [1.29, 1.82) is 0 Å². The molecule has 0 spiro atoms. The lowest BCUT2D eigenvalue weighted by molar-refractivity contribution is -0.120. The predicted octanol–water partition coefficient (Wildman–Crippen LogP) is -0.145. The van der Waals surface area contributed by atoms with Crippen molar-refractivity contribution in [1.82, 2.24) is 5.32 Å². The van der Waals surface area contributed by atoms with Crippen molar-refractivity contribution in [2.75, 3.05) is 18.8 Å². The smallest absolute Gasteiger partial charge is 0.235 e. The van der Waals surface area contributed by atoms with Crippen LogP contribution in [0.25, 0.3) is 0 Å². The maximum Gasteiger partial charge on any atom is 0.235 e. The Hall–Kier alpha value is -0.420. The molecule has 0 aromatic heterocycles. The van der Waals surface area contributed by atoms with E-state index >= 15 is 0 Å². The Labute approximate surface area is 88.1 Å². The first-order valence-electron chi connectivity index (χ1n) is 4.84. The van der Waals surface area contributed by atoms with E-state index in [1.54, 1.807) is 6.92 Å². The number of carbonyl (C=O) groups is 1. The highest BCUT2D eigenvalue weighted by Gasteiger charge is 2.18. The lowest BCUT2D eigenvalue weighted by Gasteiger charge is -2.12. The van der Waals surface area contributed by atoms with Crippen LogP contribution in [0.5, 0.6) is 0 Å². The highest BCUT2D eigenvalue weighted by atomic mass is 32.2. The van der Waals surface area contributed by atoms with E-state index in [4.69, 9.17) is 5.73 Å². The van der Waals surface area contributed by atoms with Gasteiger partial charge in [0.05, 0.1) is 0 Å². The van der Waals surface area contributed by atoms with Crippen LogP contribution in [0.15, 0.2) is 0 Å². The molecule has 4 nitrogen and oxygen atoms in total. The van der Waals surface area contributed by atoms with Gasteiger partial charge in [-0.05, 0) is 12.8 Å². The normalized spacial score (nSPS) is 15.2. The second-order valence-corrected chi connectivity index (χ2v) is 5.53. The lowest BCUT2D eigenvalue weighted by atomic mass is 10.2. The molecule has 2 atom stereocenters. The quantitative estimate of drug-likeness (QED) is 0.654. The molecule has 0 rings (SSSR count). The fourth-order valence-corrected chi connectivity index (χ4v) is 1.77. The number of nitrogens with one attached hydrogen (secondary N) is 1. The summed E-state index contributed by atoms with van der Waals surface area (Å²) < 4.78 is 11.4. The molecule has 0 aliphatic heterocycles. The molecule has 0 aromatic rings. The highest BCUT2D eigenvalue weighted by Crippen LogP contribution is 1.96. The fourth-order valence-electron chi connectivity index (χ4n) is 0.861. The molecule has 0 heterocycles. The van der Waals surface area contributed by atoms with E-state index in [1.165, 1.54) is 0 Å². The molecule has 0 radical (unpaired) electrons. The molecule has 5 heteroatoms. The van der Waals surface area contributed by atoms with E-state index in [0.717, 1.165) is 0 Å². The van der Waals surface area contributed by atoms with Gasteiger partial charge in [0.1, 0.15) is 5.25 Å². The molecule has 0 saturated heterocycles. The van der Waals surface area contributed by atoms with Gasteiger partial charge in [-0.1, -0.05) is 13.8 Å². The second kappa shape index (κ2) is 6.95. The topological polar surface area (TPSA) is 72.2 Å². The average molecular weight is 220 g/mol. The lowest BCUT2D eigenvalue weighted by Crippen LogP contribution is -2.38. The molecule has 0 fully saturated rings. The van der Waals surface area contributed by atoms with Gasteiger partial charge in [-0.15, -0.1) is 0 Å². The number of amides is 1. The summed E-state index contributed by atoms with van der Waals surface area (Å²) in [4.78, 5) is 11.4. The van der Waals surface area contributed by atoms with Gasteiger partial charge in [0.2, 0.25) is 5.91 Å². The van der Waals surface area contributed by atoms with E-state index < -0.39 is 16.0 Å². The Bertz CT molecular complexity index is 207. The Morgan fingerprint density at radius 3 is 2.43 bits per heavy atom. The third-order valence-electron chi connectivity index (χ3n) is 1.77. The van der Waals surface area contributed by atoms with Gasteiger partial charge in [-0.25, -0.2) is 0 Å². The van der Waals surface area contributed by atoms with Crippen molar-refractivity contribution >= 4 is 16.7 Å². The summed E-state index contributed by atoms with van der Waals surface area (Å²) in [6.07, 6.45) is 0. The molecule has 1 amide bonds. The second-order valence-electron chi connectivity index (χ2n) is 3.65. The van der Waals surface area contributed by atoms with Gasteiger partial charge in [-0.2, -0.15) is 0 Å². The van der Waals surface area contributed by atoms with Gasteiger partial charge < -0.3 is 11.1 Å². The maximum absolute atomic E-state index is 11.4. The number of rotatable bonds is 6. The number of nitrogens with two attached hydrogens (primary N) is 1. The summed E-state index contributed by atoms with van der Waals surface area (Å²) in [6, 6.07) is 0. The minimum Gasteiger partial charge on any atom is -0.355 e.